The van der Waals surface area contributed by atoms with E-state index < -0.39 is 0 Å². The van der Waals surface area contributed by atoms with Crippen LogP contribution in [-0.2, 0) is 6.42 Å². The smallest absolute Gasteiger partial charge is 0.227 e. The van der Waals surface area contributed by atoms with Crippen molar-refractivity contribution in [2.45, 2.75) is 6.42 Å². The number of rotatable bonds is 7. The molecule has 0 amide bonds. The molecule has 1 radical (unpaired) electrons. The van der Waals surface area contributed by atoms with Crippen LogP contribution in [0.4, 0.5) is 17.3 Å². The zero-order valence-electron chi connectivity index (χ0n) is 16.4. The second-order valence-electron chi connectivity index (χ2n) is 6.88. The van der Waals surface area contributed by atoms with Gasteiger partial charge < -0.3 is 10.2 Å². The quantitative estimate of drug-likeness (QED) is 0.469. The van der Waals surface area contributed by atoms with E-state index in [1.165, 1.54) is 11.3 Å². The Morgan fingerprint density at radius 1 is 0.897 bits per heavy atom. The molecule has 3 aromatic carbocycles. The van der Waals surface area contributed by atoms with Gasteiger partial charge in [0.25, 0.3) is 0 Å². The van der Waals surface area contributed by atoms with E-state index in [4.69, 9.17) is 0 Å². The summed E-state index contributed by atoms with van der Waals surface area (Å²) in [5.74, 6) is 0.584. The number of aromatic nitrogens is 2. The fourth-order valence-electron chi connectivity index (χ4n) is 3.14. The third-order valence-corrected chi connectivity index (χ3v) is 4.81. The lowest BCUT2D eigenvalue weighted by Gasteiger charge is -2.19. The minimum absolute atomic E-state index is 0.584. The summed E-state index contributed by atoms with van der Waals surface area (Å²) in [6.07, 6.45) is 2.79. The third-order valence-electron chi connectivity index (χ3n) is 4.81. The van der Waals surface area contributed by atoms with Crippen LogP contribution in [0.3, 0.4) is 0 Å². The van der Waals surface area contributed by atoms with Crippen LogP contribution in [0.2, 0.25) is 0 Å². The van der Waals surface area contributed by atoms with Crippen molar-refractivity contribution < 1.29 is 0 Å². The van der Waals surface area contributed by atoms with Gasteiger partial charge >= 0.3 is 0 Å². The van der Waals surface area contributed by atoms with E-state index in [2.05, 4.69) is 87.9 Å². The van der Waals surface area contributed by atoms with Crippen LogP contribution in [0, 0.1) is 6.07 Å². The average molecular weight is 379 g/mol. The van der Waals surface area contributed by atoms with Gasteiger partial charge in [-0.1, -0.05) is 54.6 Å². The SMILES string of the molecule is CN(CCc1ccccc1)c1ccc(Nc2nccc(-c3cc[c]cc3)n2)cc1. The highest BCUT2D eigenvalue weighted by Crippen LogP contribution is 2.21. The van der Waals surface area contributed by atoms with E-state index in [1.807, 2.05) is 30.3 Å². The summed E-state index contributed by atoms with van der Waals surface area (Å²) in [5.41, 5.74) is 5.43. The van der Waals surface area contributed by atoms with E-state index in [9.17, 15) is 0 Å². The van der Waals surface area contributed by atoms with E-state index in [-0.39, 0.29) is 0 Å². The summed E-state index contributed by atoms with van der Waals surface area (Å²) in [5, 5.41) is 3.29. The summed E-state index contributed by atoms with van der Waals surface area (Å²) in [4.78, 5) is 11.2. The van der Waals surface area contributed by atoms with Crippen LogP contribution in [-0.4, -0.2) is 23.6 Å². The van der Waals surface area contributed by atoms with Crippen LogP contribution < -0.4 is 10.2 Å². The highest BCUT2D eigenvalue weighted by atomic mass is 15.1. The predicted octanol–water partition coefficient (Wildman–Crippen LogP) is 5.37. The van der Waals surface area contributed by atoms with Crippen LogP contribution in [0.25, 0.3) is 11.3 Å². The van der Waals surface area contributed by atoms with E-state index >= 15 is 0 Å². The van der Waals surface area contributed by atoms with Crippen molar-refractivity contribution >= 4 is 17.3 Å². The molecular formula is C25H23N4. The maximum Gasteiger partial charge on any atom is 0.227 e. The number of hydrogen-bond acceptors (Lipinski definition) is 4. The number of likely N-dealkylation sites (N-methyl/N-ethyl adjacent to an activating group) is 1. The second-order valence-corrected chi connectivity index (χ2v) is 6.88. The Balaban J connectivity index is 1.39. The first-order valence-electron chi connectivity index (χ1n) is 9.70. The average Bonchev–Trinajstić information content (AvgIpc) is 2.79. The minimum Gasteiger partial charge on any atom is -0.374 e. The van der Waals surface area contributed by atoms with Gasteiger partial charge in [-0.05, 0) is 48.4 Å². The molecule has 1 N–H and O–H groups in total. The first-order valence-corrected chi connectivity index (χ1v) is 9.70. The molecule has 0 unspecified atom stereocenters. The summed E-state index contributed by atoms with van der Waals surface area (Å²) < 4.78 is 0. The number of nitrogens with one attached hydrogen (secondary N) is 1. The standard InChI is InChI=1S/C25H23N4/c1-29(19-17-20-8-4-2-5-9-20)23-14-12-22(13-15-23)27-25-26-18-16-24(28-25)21-10-6-3-7-11-21/h2,4-16,18H,17,19H2,1H3,(H,26,27,28). The normalized spacial score (nSPS) is 10.5. The van der Waals surface area contributed by atoms with Gasteiger partial charge in [0, 0.05) is 36.7 Å². The molecule has 0 saturated carbocycles. The molecule has 0 atom stereocenters. The molecule has 4 rings (SSSR count). The number of anilines is 3. The Bertz CT molecular complexity index is 1030. The number of hydrogen-bond donors (Lipinski definition) is 1. The molecule has 0 bridgehead atoms. The molecule has 1 heterocycles. The summed E-state index contributed by atoms with van der Waals surface area (Å²) >= 11 is 0. The highest BCUT2D eigenvalue weighted by Gasteiger charge is 2.05. The first kappa shape index (κ1) is 18.7. The Morgan fingerprint density at radius 2 is 1.66 bits per heavy atom. The molecule has 143 valence electrons. The molecule has 0 aliphatic heterocycles. The summed E-state index contributed by atoms with van der Waals surface area (Å²) in [7, 11) is 2.12. The van der Waals surface area contributed by atoms with Gasteiger partial charge in [0.2, 0.25) is 5.95 Å². The van der Waals surface area contributed by atoms with E-state index in [0.717, 1.165) is 29.9 Å². The first-order chi connectivity index (χ1) is 14.3. The molecule has 0 fully saturated rings. The predicted molar refractivity (Wildman–Crippen MR) is 119 cm³/mol. The van der Waals surface area contributed by atoms with Crippen LogP contribution in [0.15, 0.2) is 91.1 Å². The largest absolute Gasteiger partial charge is 0.374 e. The van der Waals surface area contributed by atoms with Crippen molar-refractivity contribution in [2.75, 3.05) is 23.8 Å². The summed E-state index contributed by atoms with van der Waals surface area (Å²) in [6, 6.07) is 31.6. The van der Waals surface area contributed by atoms with Crippen LogP contribution in [0.5, 0.6) is 0 Å². The van der Waals surface area contributed by atoms with Gasteiger partial charge in [-0.25, -0.2) is 9.97 Å². The maximum atomic E-state index is 4.61. The van der Waals surface area contributed by atoms with E-state index in [1.54, 1.807) is 6.20 Å². The van der Waals surface area contributed by atoms with Gasteiger partial charge in [0.15, 0.2) is 0 Å². The lowest BCUT2D eigenvalue weighted by atomic mass is 10.1. The number of benzene rings is 3. The van der Waals surface area contributed by atoms with Gasteiger partial charge in [-0.3, -0.25) is 0 Å². The van der Waals surface area contributed by atoms with Crippen LogP contribution >= 0.6 is 0 Å². The van der Waals surface area contributed by atoms with Gasteiger partial charge in [-0.2, -0.15) is 0 Å². The Hall–Kier alpha value is -3.66. The molecule has 0 aliphatic carbocycles. The molecule has 0 spiro atoms. The van der Waals surface area contributed by atoms with Crippen molar-refractivity contribution in [3.63, 3.8) is 0 Å². The third kappa shape index (κ3) is 4.99. The molecule has 0 saturated heterocycles. The molecule has 4 nitrogen and oxygen atoms in total. The van der Waals surface area contributed by atoms with Crippen molar-refractivity contribution in [2.24, 2.45) is 0 Å². The topological polar surface area (TPSA) is 41.0 Å². The van der Waals surface area contributed by atoms with Crippen molar-refractivity contribution in [3.8, 4) is 11.3 Å². The lowest BCUT2D eigenvalue weighted by molar-refractivity contribution is 0.877. The molecule has 29 heavy (non-hydrogen) atoms. The van der Waals surface area contributed by atoms with Crippen molar-refractivity contribution in [3.05, 3.63) is 103 Å². The Morgan fingerprint density at radius 3 is 2.41 bits per heavy atom. The molecule has 0 aliphatic rings. The lowest BCUT2D eigenvalue weighted by Crippen LogP contribution is -2.20. The second kappa shape index (κ2) is 9.02. The highest BCUT2D eigenvalue weighted by molar-refractivity contribution is 5.63. The fourth-order valence-corrected chi connectivity index (χ4v) is 3.14. The molecule has 4 aromatic rings. The minimum atomic E-state index is 0.584. The monoisotopic (exact) mass is 379 g/mol. The number of nitrogens with zero attached hydrogens (tertiary/aromatic N) is 3. The molecule has 4 heteroatoms. The summed E-state index contributed by atoms with van der Waals surface area (Å²) in [6.45, 7) is 0.969. The zero-order valence-corrected chi connectivity index (χ0v) is 16.4. The Labute approximate surface area is 171 Å². The van der Waals surface area contributed by atoms with Gasteiger partial charge in [-0.15, -0.1) is 0 Å². The molecular weight excluding hydrogens is 356 g/mol. The maximum absolute atomic E-state index is 4.61. The van der Waals surface area contributed by atoms with E-state index in [0.29, 0.717) is 5.95 Å². The van der Waals surface area contributed by atoms with Gasteiger partial charge in [0.1, 0.15) is 0 Å². The Kier molecular flexibility index (Phi) is 5.81. The van der Waals surface area contributed by atoms with Crippen molar-refractivity contribution in [1.82, 2.24) is 9.97 Å². The molecule has 1 aromatic heterocycles. The fraction of sp³-hybridized carbons (Fsp3) is 0.120. The zero-order chi connectivity index (χ0) is 19.9. The van der Waals surface area contributed by atoms with Crippen LogP contribution in [0.1, 0.15) is 5.56 Å². The van der Waals surface area contributed by atoms with Crippen molar-refractivity contribution in [1.29, 1.82) is 0 Å². The van der Waals surface area contributed by atoms with Gasteiger partial charge in [0.05, 0.1) is 5.69 Å².